The van der Waals surface area contributed by atoms with Gasteiger partial charge in [0, 0.05) is 25.0 Å². The topological polar surface area (TPSA) is 69.6 Å². The van der Waals surface area contributed by atoms with Gasteiger partial charge < -0.3 is 15.3 Å². The molecule has 0 aliphatic carbocycles. The van der Waals surface area contributed by atoms with E-state index < -0.39 is 5.97 Å². The number of hydrogen-bond donors (Lipinski definition) is 2. The Balaban J connectivity index is 4.33. The molecule has 5 nitrogen and oxygen atoms in total. The molecule has 0 rings (SSSR count). The van der Waals surface area contributed by atoms with Crippen LogP contribution in [0.3, 0.4) is 0 Å². The van der Waals surface area contributed by atoms with Crippen molar-refractivity contribution in [1.29, 1.82) is 0 Å². The Bertz CT molecular complexity index is 256. The Morgan fingerprint density at radius 2 is 1.82 bits per heavy atom. The van der Waals surface area contributed by atoms with Crippen molar-refractivity contribution < 1.29 is 14.7 Å². The molecule has 0 saturated heterocycles. The maximum Gasteiger partial charge on any atom is 0.305 e. The van der Waals surface area contributed by atoms with E-state index in [2.05, 4.69) is 5.32 Å². The average Bonchev–Trinajstić information content (AvgIpc) is 2.17. The van der Waals surface area contributed by atoms with E-state index in [9.17, 15) is 9.59 Å². The lowest BCUT2D eigenvalue weighted by molar-refractivity contribution is -0.140. The second kappa shape index (κ2) is 8.06. The molecule has 0 radical (unpaired) electrons. The number of hydrogen-bond acceptors (Lipinski definition) is 3. The van der Waals surface area contributed by atoms with Crippen molar-refractivity contribution in [3.8, 4) is 0 Å². The van der Waals surface area contributed by atoms with Crippen molar-refractivity contribution in [3.63, 3.8) is 0 Å². The molecular weight excluding hydrogens is 220 g/mol. The summed E-state index contributed by atoms with van der Waals surface area (Å²) in [5, 5.41) is 11.9. The summed E-state index contributed by atoms with van der Waals surface area (Å²) in [4.78, 5) is 24.2. The van der Waals surface area contributed by atoms with E-state index in [0.29, 0.717) is 13.0 Å². The highest BCUT2D eigenvalue weighted by Gasteiger charge is 2.21. The molecule has 5 heteroatoms. The predicted molar refractivity (Wildman–Crippen MR) is 66.9 cm³/mol. The number of aliphatic carboxylic acids is 1. The van der Waals surface area contributed by atoms with E-state index in [0.717, 1.165) is 6.54 Å². The van der Waals surface area contributed by atoms with Crippen molar-refractivity contribution >= 4 is 11.9 Å². The molecule has 0 aromatic rings. The molecule has 0 aromatic carbocycles. The second-order valence-electron chi connectivity index (χ2n) is 4.29. The first-order valence-electron chi connectivity index (χ1n) is 6.16. The van der Waals surface area contributed by atoms with Crippen molar-refractivity contribution in [2.24, 2.45) is 0 Å². The van der Waals surface area contributed by atoms with Crippen LogP contribution in [-0.2, 0) is 9.59 Å². The molecule has 1 amide bonds. The highest BCUT2D eigenvalue weighted by atomic mass is 16.4. The van der Waals surface area contributed by atoms with E-state index in [1.165, 1.54) is 0 Å². The zero-order valence-corrected chi connectivity index (χ0v) is 11.2. The quantitative estimate of drug-likeness (QED) is 0.670. The zero-order chi connectivity index (χ0) is 13.4. The van der Waals surface area contributed by atoms with Crippen LogP contribution in [0, 0.1) is 0 Å². The van der Waals surface area contributed by atoms with Gasteiger partial charge in [-0.3, -0.25) is 9.59 Å². The van der Waals surface area contributed by atoms with Gasteiger partial charge in [0.05, 0.1) is 6.42 Å². The Kier molecular flexibility index (Phi) is 7.54. The van der Waals surface area contributed by atoms with Gasteiger partial charge in [0.1, 0.15) is 0 Å². The Morgan fingerprint density at radius 3 is 2.24 bits per heavy atom. The van der Waals surface area contributed by atoms with Gasteiger partial charge in [-0.25, -0.2) is 0 Å². The second-order valence-corrected chi connectivity index (χ2v) is 4.29. The predicted octanol–water partition coefficient (Wildman–Crippen LogP) is 1.09. The minimum atomic E-state index is -0.872. The van der Waals surface area contributed by atoms with Gasteiger partial charge >= 0.3 is 5.97 Å². The lowest BCUT2D eigenvalue weighted by Crippen LogP contribution is -2.42. The van der Waals surface area contributed by atoms with Gasteiger partial charge in [0.25, 0.3) is 0 Å². The van der Waals surface area contributed by atoms with Crippen LogP contribution in [0.25, 0.3) is 0 Å². The number of amides is 1. The summed E-state index contributed by atoms with van der Waals surface area (Å²) in [6.45, 7) is 8.96. The first kappa shape index (κ1) is 15.9. The molecule has 0 aromatic heterocycles. The first-order chi connectivity index (χ1) is 7.92. The number of carbonyl (C=O) groups excluding carboxylic acids is 1. The fourth-order valence-corrected chi connectivity index (χ4v) is 1.90. The minimum absolute atomic E-state index is 0.00479. The zero-order valence-electron chi connectivity index (χ0n) is 11.2. The van der Waals surface area contributed by atoms with Crippen LogP contribution in [0.4, 0.5) is 0 Å². The minimum Gasteiger partial charge on any atom is -0.481 e. The Morgan fingerprint density at radius 1 is 1.24 bits per heavy atom. The van der Waals surface area contributed by atoms with Crippen LogP contribution >= 0.6 is 0 Å². The summed E-state index contributed by atoms with van der Waals surface area (Å²) in [6, 6.07) is -0.127. The van der Waals surface area contributed by atoms with E-state index >= 15 is 0 Å². The number of carboxylic acids is 1. The molecule has 2 N–H and O–H groups in total. The van der Waals surface area contributed by atoms with Gasteiger partial charge in [-0.2, -0.15) is 0 Å². The molecule has 0 aliphatic heterocycles. The molecular formula is C12H24N2O3. The molecule has 0 bridgehead atoms. The molecule has 2 atom stereocenters. The van der Waals surface area contributed by atoms with Gasteiger partial charge in [-0.05, 0) is 27.3 Å². The van der Waals surface area contributed by atoms with Gasteiger partial charge in [-0.1, -0.05) is 6.92 Å². The van der Waals surface area contributed by atoms with Crippen molar-refractivity contribution in [3.05, 3.63) is 0 Å². The third-order valence-corrected chi connectivity index (χ3v) is 2.70. The van der Waals surface area contributed by atoms with Crippen molar-refractivity contribution in [1.82, 2.24) is 10.2 Å². The Labute approximate surface area is 103 Å². The van der Waals surface area contributed by atoms with Crippen LogP contribution in [0.5, 0.6) is 0 Å². The number of rotatable bonds is 8. The average molecular weight is 244 g/mol. The standard InChI is InChI=1S/C12H24N2O3/c1-5-13-9(3)7-11(15)14(6-2)10(4)8-12(16)17/h9-10,13H,5-8H2,1-4H3,(H,16,17). The smallest absolute Gasteiger partial charge is 0.305 e. The highest BCUT2D eigenvalue weighted by molar-refractivity contribution is 5.78. The van der Waals surface area contributed by atoms with Gasteiger partial charge in [0.15, 0.2) is 0 Å². The lowest BCUT2D eigenvalue weighted by Gasteiger charge is -2.28. The van der Waals surface area contributed by atoms with Crippen LogP contribution in [-0.4, -0.2) is 47.1 Å². The van der Waals surface area contributed by atoms with Crippen LogP contribution in [0.1, 0.15) is 40.5 Å². The summed E-state index contributed by atoms with van der Waals surface area (Å²) in [7, 11) is 0. The van der Waals surface area contributed by atoms with E-state index in [1.807, 2.05) is 20.8 Å². The third-order valence-electron chi connectivity index (χ3n) is 2.70. The monoisotopic (exact) mass is 244 g/mol. The summed E-state index contributed by atoms with van der Waals surface area (Å²) in [5.41, 5.74) is 0. The molecule has 17 heavy (non-hydrogen) atoms. The summed E-state index contributed by atoms with van der Waals surface area (Å²) < 4.78 is 0. The maximum atomic E-state index is 12.0. The molecule has 0 spiro atoms. The number of carbonyl (C=O) groups is 2. The van der Waals surface area contributed by atoms with Gasteiger partial charge in [0.2, 0.25) is 5.91 Å². The van der Waals surface area contributed by atoms with Crippen molar-refractivity contribution in [2.45, 2.75) is 52.6 Å². The van der Waals surface area contributed by atoms with E-state index in [1.54, 1.807) is 11.8 Å². The normalized spacial score (nSPS) is 14.1. The fraction of sp³-hybridized carbons (Fsp3) is 0.833. The summed E-state index contributed by atoms with van der Waals surface area (Å²) >= 11 is 0. The number of carboxylic acid groups (broad SMARTS) is 1. The number of nitrogens with one attached hydrogen (secondary N) is 1. The first-order valence-corrected chi connectivity index (χ1v) is 6.16. The van der Waals surface area contributed by atoms with E-state index in [-0.39, 0.29) is 24.4 Å². The largest absolute Gasteiger partial charge is 0.481 e. The SMILES string of the molecule is CCNC(C)CC(=O)N(CC)C(C)CC(=O)O. The van der Waals surface area contributed by atoms with Gasteiger partial charge in [-0.15, -0.1) is 0 Å². The molecule has 0 aliphatic rings. The van der Waals surface area contributed by atoms with Crippen molar-refractivity contribution in [2.75, 3.05) is 13.1 Å². The number of nitrogens with zero attached hydrogens (tertiary/aromatic N) is 1. The third kappa shape index (κ3) is 6.26. The van der Waals surface area contributed by atoms with Crippen LogP contribution in [0.15, 0.2) is 0 Å². The fourth-order valence-electron chi connectivity index (χ4n) is 1.90. The van der Waals surface area contributed by atoms with Crippen LogP contribution < -0.4 is 5.32 Å². The summed E-state index contributed by atoms with van der Waals surface area (Å²) in [5.74, 6) is -0.863. The highest BCUT2D eigenvalue weighted by Crippen LogP contribution is 2.07. The lowest BCUT2D eigenvalue weighted by atomic mass is 10.1. The molecule has 0 heterocycles. The molecule has 0 fully saturated rings. The van der Waals surface area contributed by atoms with E-state index in [4.69, 9.17) is 5.11 Å². The maximum absolute atomic E-state index is 12.0. The molecule has 0 saturated carbocycles. The Hall–Kier alpha value is -1.10. The van der Waals surface area contributed by atoms with Crippen LogP contribution in [0.2, 0.25) is 0 Å². The molecule has 100 valence electrons. The summed E-state index contributed by atoms with van der Waals surface area (Å²) in [6.07, 6.45) is 0.404. The molecule has 2 unspecified atom stereocenters.